The first-order chi connectivity index (χ1) is 20.2. The number of aryl methyl sites for hydroxylation is 2. The number of rotatable bonds is 10. The third kappa shape index (κ3) is 6.96. The number of nitrogens with zero attached hydrogens (tertiary/aromatic N) is 4. The first-order valence-electron chi connectivity index (χ1n) is 13.5. The minimum atomic E-state index is -4.59. The topological polar surface area (TPSA) is 102 Å². The van der Waals surface area contributed by atoms with Gasteiger partial charge < -0.3 is 19.2 Å². The summed E-state index contributed by atoms with van der Waals surface area (Å²) < 4.78 is 51.1. The lowest BCUT2D eigenvalue weighted by Gasteiger charge is -2.30. The first kappa shape index (κ1) is 28.8. The van der Waals surface area contributed by atoms with Gasteiger partial charge >= 0.3 is 12.1 Å². The molecule has 0 atom stereocenters. The minimum Gasteiger partial charge on any atom is -0.493 e. The fourth-order valence-electron chi connectivity index (χ4n) is 4.82. The average molecular weight is 579 g/mol. The van der Waals surface area contributed by atoms with Crippen molar-refractivity contribution >= 4 is 11.9 Å². The highest BCUT2D eigenvalue weighted by Crippen LogP contribution is 2.30. The number of alkyl halides is 3. The Kier molecular flexibility index (Phi) is 8.56. The summed E-state index contributed by atoms with van der Waals surface area (Å²) in [6, 6.07) is 18.1. The van der Waals surface area contributed by atoms with Crippen LogP contribution in [0.15, 0.2) is 82.4 Å². The van der Waals surface area contributed by atoms with E-state index in [4.69, 9.17) is 9.15 Å². The number of anilines is 1. The number of halogens is 3. The second-order valence-corrected chi connectivity index (χ2v) is 9.93. The molecule has 8 nitrogen and oxygen atoms in total. The fraction of sp³-hybridized carbons (Fsp3) is 0.290. The Hall–Kier alpha value is -4.67. The van der Waals surface area contributed by atoms with E-state index < -0.39 is 17.8 Å². The molecule has 5 rings (SSSR count). The van der Waals surface area contributed by atoms with Gasteiger partial charge in [-0.05, 0) is 67.7 Å². The van der Waals surface area contributed by atoms with E-state index in [0.717, 1.165) is 34.8 Å². The van der Waals surface area contributed by atoms with Gasteiger partial charge in [-0.2, -0.15) is 13.2 Å². The van der Waals surface area contributed by atoms with Crippen LogP contribution in [0.2, 0.25) is 0 Å². The van der Waals surface area contributed by atoms with Gasteiger partial charge in [-0.1, -0.05) is 30.3 Å². The van der Waals surface area contributed by atoms with Crippen molar-refractivity contribution in [2.75, 3.05) is 24.6 Å². The van der Waals surface area contributed by atoms with E-state index in [1.807, 2.05) is 61.5 Å². The predicted molar refractivity (Wildman–Crippen MR) is 149 cm³/mol. The molecule has 0 aliphatic carbocycles. The van der Waals surface area contributed by atoms with Crippen molar-refractivity contribution in [2.45, 2.75) is 38.8 Å². The Bertz CT molecular complexity index is 1570. The van der Waals surface area contributed by atoms with Crippen molar-refractivity contribution in [2.24, 2.45) is 0 Å². The highest BCUT2D eigenvalue weighted by Gasteiger charge is 2.34. The molecule has 4 aromatic rings. The van der Waals surface area contributed by atoms with Gasteiger partial charge in [-0.15, -0.1) is 0 Å². The van der Waals surface area contributed by atoms with Gasteiger partial charge in [-0.3, -0.25) is 0 Å². The molecule has 11 heteroatoms. The maximum atomic E-state index is 13.1. The number of ether oxygens (including phenoxy) is 1. The zero-order valence-corrected chi connectivity index (χ0v) is 22.9. The Morgan fingerprint density at radius 1 is 1.02 bits per heavy atom. The summed E-state index contributed by atoms with van der Waals surface area (Å²) in [7, 11) is 0. The molecule has 0 unspecified atom stereocenters. The van der Waals surface area contributed by atoms with Crippen molar-refractivity contribution < 1.29 is 32.2 Å². The number of carboxylic acid groups (broad SMARTS) is 1. The van der Waals surface area contributed by atoms with Gasteiger partial charge in [0.1, 0.15) is 17.2 Å². The smallest absolute Gasteiger partial charge is 0.433 e. The van der Waals surface area contributed by atoms with Crippen LogP contribution < -0.4 is 9.64 Å². The summed E-state index contributed by atoms with van der Waals surface area (Å²) >= 11 is 0. The molecule has 1 N–H and O–H groups in total. The van der Waals surface area contributed by atoms with Crippen molar-refractivity contribution in [3.63, 3.8) is 0 Å². The van der Waals surface area contributed by atoms with Gasteiger partial charge in [0.15, 0.2) is 0 Å². The lowest BCUT2D eigenvalue weighted by molar-refractivity contribution is -0.141. The van der Waals surface area contributed by atoms with Crippen molar-refractivity contribution in [1.82, 2.24) is 15.0 Å². The molecular formula is C31H29F3N4O4. The van der Waals surface area contributed by atoms with E-state index in [9.17, 15) is 23.1 Å². The van der Waals surface area contributed by atoms with Crippen LogP contribution in [0.1, 0.15) is 35.6 Å². The molecular weight excluding hydrogens is 549 g/mol. The van der Waals surface area contributed by atoms with Crippen LogP contribution in [0, 0.1) is 6.92 Å². The van der Waals surface area contributed by atoms with Crippen LogP contribution in [0.25, 0.3) is 11.5 Å². The molecule has 2 aromatic carbocycles. The van der Waals surface area contributed by atoms with E-state index in [1.54, 1.807) is 4.90 Å². The van der Waals surface area contributed by atoms with Gasteiger partial charge in [0, 0.05) is 36.8 Å². The minimum absolute atomic E-state index is 0.0645. The van der Waals surface area contributed by atoms with Crippen molar-refractivity contribution in [1.29, 1.82) is 0 Å². The highest BCUT2D eigenvalue weighted by molar-refractivity contribution is 5.88. The Balaban J connectivity index is 1.17. The monoisotopic (exact) mass is 578 g/mol. The summed E-state index contributed by atoms with van der Waals surface area (Å²) in [6.45, 7) is 2.67. The van der Waals surface area contributed by atoms with Gasteiger partial charge in [0.05, 0.1) is 12.3 Å². The third-order valence-corrected chi connectivity index (χ3v) is 7.07. The third-order valence-electron chi connectivity index (χ3n) is 7.07. The summed E-state index contributed by atoms with van der Waals surface area (Å²) in [5.74, 6) is 0.946. The molecule has 0 saturated carbocycles. The quantitative estimate of drug-likeness (QED) is 0.234. The zero-order chi connectivity index (χ0) is 29.7. The molecule has 42 heavy (non-hydrogen) atoms. The Morgan fingerprint density at radius 3 is 2.50 bits per heavy atom. The second-order valence-electron chi connectivity index (χ2n) is 9.93. The molecule has 2 aromatic heterocycles. The lowest BCUT2D eigenvalue weighted by atomic mass is 9.94. The number of benzene rings is 2. The SMILES string of the molecule is Cc1oc(-c2ccccc2)nc1CCOc1ccc(CCC2=C(C(=O)O)CCN(c3nccc(C(F)(F)F)n3)C2)cc1. The van der Waals surface area contributed by atoms with Crippen LogP contribution in [0.4, 0.5) is 19.1 Å². The summed E-state index contributed by atoms with van der Waals surface area (Å²) in [6.07, 6.45) is -1.75. The van der Waals surface area contributed by atoms with E-state index >= 15 is 0 Å². The number of hydrogen-bond donors (Lipinski definition) is 1. The molecule has 1 aliphatic rings. The second kappa shape index (κ2) is 12.5. The van der Waals surface area contributed by atoms with E-state index in [-0.39, 0.29) is 31.0 Å². The number of oxazole rings is 1. The van der Waals surface area contributed by atoms with Gasteiger partial charge in [0.2, 0.25) is 11.8 Å². The number of carbonyl (C=O) groups is 1. The van der Waals surface area contributed by atoms with E-state index in [1.165, 1.54) is 0 Å². The molecule has 3 heterocycles. The maximum absolute atomic E-state index is 13.1. The molecule has 218 valence electrons. The van der Waals surface area contributed by atoms with E-state index in [2.05, 4.69) is 15.0 Å². The molecule has 0 amide bonds. The van der Waals surface area contributed by atoms with Gasteiger partial charge in [0.25, 0.3) is 0 Å². The summed E-state index contributed by atoms with van der Waals surface area (Å²) in [5, 5.41) is 9.71. The highest BCUT2D eigenvalue weighted by atomic mass is 19.4. The normalized spacial score (nSPS) is 13.9. The van der Waals surface area contributed by atoms with Crippen LogP contribution in [-0.2, 0) is 23.8 Å². The van der Waals surface area contributed by atoms with Crippen molar-refractivity contribution in [3.05, 3.63) is 101 Å². The number of aliphatic carboxylic acids is 1. The average Bonchev–Trinajstić information content (AvgIpc) is 3.36. The summed E-state index contributed by atoms with van der Waals surface area (Å²) in [4.78, 5) is 25.7. The number of carboxylic acids is 1. The van der Waals surface area contributed by atoms with Crippen LogP contribution >= 0.6 is 0 Å². The van der Waals surface area contributed by atoms with Crippen LogP contribution in [0.5, 0.6) is 5.75 Å². The zero-order valence-electron chi connectivity index (χ0n) is 22.9. The van der Waals surface area contributed by atoms with E-state index in [0.29, 0.717) is 43.1 Å². The molecule has 0 fully saturated rings. The molecule has 0 bridgehead atoms. The van der Waals surface area contributed by atoms with Crippen LogP contribution in [0.3, 0.4) is 0 Å². The lowest BCUT2D eigenvalue weighted by Crippen LogP contribution is -2.35. The molecule has 0 spiro atoms. The maximum Gasteiger partial charge on any atom is 0.433 e. The van der Waals surface area contributed by atoms with Crippen molar-refractivity contribution in [3.8, 4) is 17.2 Å². The number of aromatic nitrogens is 3. The predicted octanol–water partition coefficient (Wildman–Crippen LogP) is 6.30. The summed E-state index contributed by atoms with van der Waals surface area (Å²) in [5.41, 5.74) is 2.64. The first-order valence-corrected chi connectivity index (χ1v) is 13.5. The van der Waals surface area contributed by atoms with Crippen LogP contribution in [-0.4, -0.2) is 45.7 Å². The molecule has 0 radical (unpaired) electrons. The molecule has 0 saturated heterocycles. The molecule has 1 aliphatic heterocycles. The number of hydrogen-bond acceptors (Lipinski definition) is 7. The van der Waals surface area contributed by atoms with Gasteiger partial charge in [-0.25, -0.2) is 19.7 Å². The Morgan fingerprint density at radius 2 is 1.79 bits per heavy atom. The Labute approximate surface area is 240 Å². The standard InChI is InChI=1S/C31H29F3N4O4/c1-20-26(36-28(42-20)22-5-3-2-4-6-22)15-18-41-24-11-8-21(9-12-24)7-10-23-19-38(17-14-25(23)29(39)40)30-35-16-13-27(37-30)31(32,33)34/h2-6,8-9,11-13,16H,7,10,14-15,17-19H2,1H3,(H,39,40). The largest absolute Gasteiger partial charge is 0.493 e. The fourth-order valence-corrected chi connectivity index (χ4v) is 4.82.